The molecule has 2 N–H and O–H groups in total. The SMILES string of the molecule is Cc1csc(NC(=O)C2NCC3CCCC32)n1. The number of hydrogen-bond acceptors (Lipinski definition) is 4. The molecule has 3 rings (SSSR count). The Kier molecular flexibility index (Phi) is 2.88. The fourth-order valence-corrected chi connectivity index (χ4v) is 3.76. The van der Waals surface area contributed by atoms with E-state index in [1.54, 1.807) is 0 Å². The molecule has 1 saturated heterocycles. The van der Waals surface area contributed by atoms with Crippen molar-refractivity contribution in [2.45, 2.75) is 32.2 Å². The van der Waals surface area contributed by atoms with Gasteiger partial charge in [0.2, 0.25) is 5.91 Å². The zero-order valence-corrected chi connectivity index (χ0v) is 10.7. The van der Waals surface area contributed by atoms with Crippen LogP contribution in [0.15, 0.2) is 5.38 Å². The average Bonchev–Trinajstić information content (AvgIpc) is 2.93. The van der Waals surface area contributed by atoms with Crippen LogP contribution >= 0.6 is 11.3 Å². The van der Waals surface area contributed by atoms with E-state index in [1.807, 2.05) is 12.3 Å². The lowest BCUT2D eigenvalue weighted by atomic mass is 9.94. The first-order valence-corrected chi connectivity index (χ1v) is 7.08. The number of fused-ring (bicyclic) bond motifs is 1. The number of aromatic nitrogens is 1. The second kappa shape index (κ2) is 4.38. The first-order valence-electron chi connectivity index (χ1n) is 6.20. The Labute approximate surface area is 105 Å². The third kappa shape index (κ3) is 2.09. The standard InChI is InChI=1S/C12H17N3OS/c1-7-6-17-12(14-7)15-11(16)10-9-4-2-3-8(9)5-13-10/h6,8-10,13H,2-5H2,1H3,(H,14,15,16). The summed E-state index contributed by atoms with van der Waals surface area (Å²) < 4.78 is 0. The van der Waals surface area contributed by atoms with Gasteiger partial charge < -0.3 is 10.6 Å². The Balaban J connectivity index is 1.66. The highest BCUT2D eigenvalue weighted by molar-refractivity contribution is 7.13. The van der Waals surface area contributed by atoms with Crippen LogP contribution in [0.5, 0.6) is 0 Å². The van der Waals surface area contributed by atoms with E-state index in [2.05, 4.69) is 15.6 Å². The van der Waals surface area contributed by atoms with Gasteiger partial charge in [-0.05, 0) is 38.1 Å². The first kappa shape index (κ1) is 11.2. The smallest absolute Gasteiger partial charge is 0.243 e. The Bertz CT molecular complexity index is 431. The van der Waals surface area contributed by atoms with Gasteiger partial charge in [0.05, 0.1) is 11.7 Å². The van der Waals surface area contributed by atoms with Crippen LogP contribution in [0.25, 0.3) is 0 Å². The third-order valence-electron chi connectivity index (χ3n) is 3.88. The number of carbonyl (C=O) groups is 1. The van der Waals surface area contributed by atoms with E-state index in [1.165, 1.54) is 30.6 Å². The lowest BCUT2D eigenvalue weighted by Gasteiger charge is -2.16. The Morgan fingerprint density at radius 1 is 1.59 bits per heavy atom. The van der Waals surface area contributed by atoms with Crippen molar-refractivity contribution in [1.29, 1.82) is 0 Å². The van der Waals surface area contributed by atoms with Gasteiger partial charge in [0.1, 0.15) is 0 Å². The number of amides is 1. The first-order chi connectivity index (χ1) is 8.24. The van der Waals surface area contributed by atoms with E-state index >= 15 is 0 Å². The average molecular weight is 251 g/mol. The fourth-order valence-electron chi connectivity index (χ4n) is 3.07. The molecule has 2 heterocycles. The van der Waals surface area contributed by atoms with Gasteiger partial charge in [0.15, 0.2) is 5.13 Å². The zero-order chi connectivity index (χ0) is 11.8. The Morgan fingerprint density at radius 2 is 2.47 bits per heavy atom. The molecular weight excluding hydrogens is 234 g/mol. The largest absolute Gasteiger partial charge is 0.305 e. The van der Waals surface area contributed by atoms with Gasteiger partial charge in [-0.1, -0.05) is 6.42 Å². The third-order valence-corrected chi connectivity index (χ3v) is 4.75. The molecular formula is C12H17N3OS. The van der Waals surface area contributed by atoms with Gasteiger partial charge in [-0.25, -0.2) is 4.98 Å². The molecule has 1 amide bonds. The van der Waals surface area contributed by atoms with Crippen LogP contribution in [0.4, 0.5) is 5.13 Å². The molecule has 3 atom stereocenters. The van der Waals surface area contributed by atoms with E-state index in [0.717, 1.165) is 17.4 Å². The zero-order valence-electron chi connectivity index (χ0n) is 9.90. The summed E-state index contributed by atoms with van der Waals surface area (Å²) in [6.45, 7) is 2.94. The fraction of sp³-hybridized carbons (Fsp3) is 0.667. The molecule has 92 valence electrons. The molecule has 3 unspecified atom stereocenters. The van der Waals surface area contributed by atoms with Crippen molar-refractivity contribution in [3.8, 4) is 0 Å². The number of aryl methyl sites for hydroxylation is 1. The Morgan fingerprint density at radius 3 is 3.24 bits per heavy atom. The summed E-state index contributed by atoms with van der Waals surface area (Å²) in [4.78, 5) is 16.4. The van der Waals surface area contributed by atoms with Crippen molar-refractivity contribution >= 4 is 22.4 Å². The molecule has 1 aliphatic heterocycles. The van der Waals surface area contributed by atoms with E-state index in [4.69, 9.17) is 0 Å². The van der Waals surface area contributed by atoms with Crippen molar-refractivity contribution in [2.75, 3.05) is 11.9 Å². The number of hydrogen-bond donors (Lipinski definition) is 2. The number of nitrogens with zero attached hydrogens (tertiary/aromatic N) is 1. The van der Waals surface area contributed by atoms with Gasteiger partial charge in [0, 0.05) is 5.38 Å². The maximum absolute atomic E-state index is 12.2. The second-order valence-corrected chi connectivity index (χ2v) is 5.88. The van der Waals surface area contributed by atoms with Crippen LogP contribution in [-0.2, 0) is 4.79 Å². The molecule has 0 spiro atoms. The topological polar surface area (TPSA) is 54.0 Å². The summed E-state index contributed by atoms with van der Waals surface area (Å²) in [6.07, 6.45) is 3.74. The molecule has 4 nitrogen and oxygen atoms in total. The predicted octanol–water partition coefficient (Wildman–Crippen LogP) is 1.78. The lowest BCUT2D eigenvalue weighted by molar-refractivity contribution is -0.118. The van der Waals surface area contributed by atoms with Crippen molar-refractivity contribution in [3.63, 3.8) is 0 Å². The van der Waals surface area contributed by atoms with Crippen molar-refractivity contribution in [3.05, 3.63) is 11.1 Å². The highest BCUT2D eigenvalue weighted by Crippen LogP contribution is 2.38. The number of carbonyl (C=O) groups excluding carboxylic acids is 1. The predicted molar refractivity (Wildman–Crippen MR) is 68.1 cm³/mol. The summed E-state index contributed by atoms with van der Waals surface area (Å²) in [5.41, 5.74) is 0.962. The highest BCUT2D eigenvalue weighted by Gasteiger charge is 2.42. The number of thiazole rings is 1. The summed E-state index contributed by atoms with van der Waals surface area (Å²) in [7, 11) is 0. The van der Waals surface area contributed by atoms with Crippen molar-refractivity contribution < 1.29 is 4.79 Å². The van der Waals surface area contributed by atoms with Crippen molar-refractivity contribution in [1.82, 2.24) is 10.3 Å². The van der Waals surface area contributed by atoms with Gasteiger partial charge in [-0.15, -0.1) is 11.3 Å². The molecule has 0 aromatic carbocycles. The summed E-state index contributed by atoms with van der Waals surface area (Å²) in [6, 6.07) is -0.00768. The van der Waals surface area contributed by atoms with Crippen LogP contribution in [0.3, 0.4) is 0 Å². The summed E-state index contributed by atoms with van der Waals surface area (Å²) in [5.74, 6) is 1.34. The molecule has 0 bridgehead atoms. The number of rotatable bonds is 2. The minimum absolute atomic E-state index is 0.00768. The molecule has 17 heavy (non-hydrogen) atoms. The van der Waals surface area contributed by atoms with Crippen LogP contribution < -0.4 is 10.6 Å². The monoisotopic (exact) mass is 251 g/mol. The summed E-state index contributed by atoms with van der Waals surface area (Å²) >= 11 is 1.49. The van der Waals surface area contributed by atoms with Crippen LogP contribution in [0.2, 0.25) is 0 Å². The van der Waals surface area contributed by atoms with Crippen molar-refractivity contribution in [2.24, 2.45) is 11.8 Å². The van der Waals surface area contributed by atoms with E-state index in [-0.39, 0.29) is 11.9 Å². The maximum Gasteiger partial charge on any atom is 0.243 e. The van der Waals surface area contributed by atoms with Crippen LogP contribution in [0, 0.1) is 18.8 Å². The van der Waals surface area contributed by atoms with E-state index in [0.29, 0.717) is 11.8 Å². The van der Waals surface area contributed by atoms with Gasteiger partial charge >= 0.3 is 0 Å². The highest BCUT2D eigenvalue weighted by atomic mass is 32.1. The maximum atomic E-state index is 12.2. The molecule has 5 heteroatoms. The molecule has 0 radical (unpaired) electrons. The minimum Gasteiger partial charge on any atom is -0.305 e. The molecule has 1 aromatic rings. The van der Waals surface area contributed by atoms with E-state index in [9.17, 15) is 4.79 Å². The molecule has 1 saturated carbocycles. The minimum atomic E-state index is -0.00768. The quantitative estimate of drug-likeness (QED) is 0.842. The van der Waals surface area contributed by atoms with Crippen LogP contribution in [0.1, 0.15) is 25.0 Å². The molecule has 2 fully saturated rings. The van der Waals surface area contributed by atoms with Gasteiger partial charge in [-0.2, -0.15) is 0 Å². The molecule has 2 aliphatic rings. The Hall–Kier alpha value is -0.940. The lowest BCUT2D eigenvalue weighted by Crippen LogP contribution is -2.39. The van der Waals surface area contributed by atoms with Gasteiger partial charge in [0.25, 0.3) is 0 Å². The summed E-state index contributed by atoms with van der Waals surface area (Å²) in [5, 5.41) is 8.95. The van der Waals surface area contributed by atoms with Crippen LogP contribution in [-0.4, -0.2) is 23.5 Å². The molecule has 1 aliphatic carbocycles. The second-order valence-electron chi connectivity index (χ2n) is 5.02. The number of anilines is 1. The normalized spacial score (nSPS) is 31.5. The van der Waals surface area contributed by atoms with Gasteiger partial charge in [-0.3, -0.25) is 4.79 Å². The molecule has 1 aromatic heterocycles. The number of nitrogens with one attached hydrogen (secondary N) is 2. The van der Waals surface area contributed by atoms with E-state index < -0.39 is 0 Å².